The van der Waals surface area contributed by atoms with Gasteiger partial charge in [0.15, 0.2) is 5.16 Å². The van der Waals surface area contributed by atoms with E-state index in [2.05, 4.69) is 21.9 Å². The summed E-state index contributed by atoms with van der Waals surface area (Å²) in [6.45, 7) is 2.09. The van der Waals surface area contributed by atoms with Gasteiger partial charge in [0.1, 0.15) is 5.52 Å². The molecule has 0 radical (unpaired) electrons. The molecule has 0 bridgehead atoms. The summed E-state index contributed by atoms with van der Waals surface area (Å²) in [6.07, 6.45) is 2.80. The first-order chi connectivity index (χ1) is 9.26. The van der Waals surface area contributed by atoms with Crippen molar-refractivity contribution in [2.24, 2.45) is 0 Å². The van der Waals surface area contributed by atoms with Gasteiger partial charge >= 0.3 is 0 Å². The topological polar surface area (TPSA) is 58.6 Å². The smallest absolute Gasteiger partial charge is 0.197 e. The molecule has 0 aliphatic rings. The largest absolute Gasteiger partial charge is 0.330 e. The quantitative estimate of drug-likeness (QED) is 0.804. The number of nitrogens with one attached hydrogen (secondary N) is 1. The molecule has 0 aliphatic heterocycles. The van der Waals surface area contributed by atoms with Crippen molar-refractivity contribution in [3.63, 3.8) is 0 Å². The summed E-state index contributed by atoms with van der Waals surface area (Å²) in [4.78, 5) is 11.7. The van der Waals surface area contributed by atoms with Crippen LogP contribution < -0.4 is 0 Å². The molecular weight excluding hydrogens is 278 g/mol. The Balaban J connectivity index is 1.78. The van der Waals surface area contributed by atoms with Crippen molar-refractivity contribution < 1.29 is 4.21 Å². The average Bonchev–Trinajstić information content (AvgIpc) is 3.00. The van der Waals surface area contributed by atoms with E-state index in [4.69, 9.17) is 0 Å². The predicted molar refractivity (Wildman–Crippen MR) is 77.7 cm³/mol. The SMILES string of the molecule is CCc1ccc(CS(=O)c2nc3cscc3[nH]2)nc1. The van der Waals surface area contributed by atoms with Crippen molar-refractivity contribution in [1.29, 1.82) is 0 Å². The van der Waals surface area contributed by atoms with E-state index in [1.165, 1.54) is 5.56 Å². The molecule has 0 aliphatic carbocycles. The molecule has 19 heavy (non-hydrogen) atoms. The van der Waals surface area contributed by atoms with Crippen molar-refractivity contribution in [3.05, 3.63) is 40.3 Å². The van der Waals surface area contributed by atoms with Gasteiger partial charge in [-0.25, -0.2) is 4.98 Å². The lowest BCUT2D eigenvalue weighted by Gasteiger charge is -2.00. The van der Waals surface area contributed by atoms with Crippen LogP contribution in [0.15, 0.2) is 34.2 Å². The molecule has 3 aromatic heterocycles. The van der Waals surface area contributed by atoms with E-state index < -0.39 is 10.8 Å². The maximum Gasteiger partial charge on any atom is 0.197 e. The van der Waals surface area contributed by atoms with Gasteiger partial charge in [-0.3, -0.25) is 9.19 Å². The number of imidazole rings is 1. The number of H-pyrrole nitrogens is 1. The van der Waals surface area contributed by atoms with Crippen LogP contribution in [0.3, 0.4) is 0 Å². The lowest BCUT2D eigenvalue weighted by Crippen LogP contribution is -2.00. The minimum absolute atomic E-state index is 0.392. The highest BCUT2D eigenvalue weighted by Crippen LogP contribution is 2.18. The molecule has 0 saturated heterocycles. The van der Waals surface area contributed by atoms with E-state index in [1.807, 2.05) is 29.1 Å². The zero-order chi connectivity index (χ0) is 13.2. The minimum Gasteiger partial charge on any atom is -0.330 e. The summed E-state index contributed by atoms with van der Waals surface area (Å²) in [7, 11) is -1.18. The molecule has 0 saturated carbocycles. The fourth-order valence-corrected chi connectivity index (χ4v) is 3.48. The highest BCUT2D eigenvalue weighted by atomic mass is 32.2. The Morgan fingerprint density at radius 3 is 2.95 bits per heavy atom. The zero-order valence-corrected chi connectivity index (χ0v) is 12.1. The summed E-state index contributed by atoms with van der Waals surface area (Å²) < 4.78 is 12.2. The normalized spacial score (nSPS) is 12.9. The summed E-state index contributed by atoms with van der Waals surface area (Å²) in [5, 5.41) is 4.44. The summed E-state index contributed by atoms with van der Waals surface area (Å²) in [5.41, 5.74) is 3.84. The highest BCUT2D eigenvalue weighted by Gasteiger charge is 2.11. The molecule has 3 rings (SSSR count). The number of pyridine rings is 1. The van der Waals surface area contributed by atoms with Gasteiger partial charge in [-0.1, -0.05) is 13.0 Å². The van der Waals surface area contributed by atoms with Crippen LogP contribution in [-0.2, 0) is 23.0 Å². The second-order valence-electron chi connectivity index (χ2n) is 4.21. The number of rotatable bonds is 4. The molecule has 0 amide bonds. The number of nitrogens with zero attached hydrogens (tertiary/aromatic N) is 2. The maximum absolute atomic E-state index is 12.2. The molecule has 0 spiro atoms. The van der Waals surface area contributed by atoms with Gasteiger partial charge in [-0.05, 0) is 18.1 Å². The Morgan fingerprint density at radius 1 is 1.37 bits per heavy atom. The molecule has 98 valence electrons. The Labute approximate surface area is 117 Å². The zero-order valence-electron chi connectivity index (χ0n) is 10.4. The lowest BCUT2D eigenvalue weighted by atomic mass is 10.2. The van der Waals surface area contributed by atoms with Gasteiger partial charge in [0, 0.05) is 17.0 Å². The van der Waals surface area contributed by atoms with Gasteiger partial charge < -0.3 is 4.98 Å². The van der Waals surface area contributed by atoms with Crippen LogP contribution in [0.5, 0.6) is 0 Å². The second kappa shape index (κ2) is 5.22. The van der Waals surface area contributed by atoms with Crippen molar-refractivity contribution in [1.82, 2.24) is 15.0 Å². The Hall–Kier alpha value is -1.53. The Kier molecular flexibility index (Phi) is 3.44. The standard InChI is InChI=1S/C13H13N3OS2/c1-2-9-3-4-10(14-5-9)8-19(17)13-15-11-6-18-7-12(11)16-13/h3-7H,2,8H2,1H3,(H,15,16). The van der Waals surface area contributed by atoms with Gasteiger partial charge in [-0.15, -0.1) is 11.3 Å². The van der Waals surface area contributed by atoms with Gasteiger partial charge in [0.2, 0.25) is 0 Å². The number of fused-ring (bicyclic) bond motifs is 1. The molecule has 6 heteroatoms. The molecule has 1 unspecified atom stereocenters. The van der Waals surface area contributed by atoms with Crippen LogP contribution in [0.4, 0.5) is 0 Å². The van der Waals surface area contributed by atoms with Crippen LogP contribution in [0.2, 0.25) is 0 Å². The van der Waals surface area contributed by atoms with E-state index in [1.54, 1.807) is 11.3 Å². The molecule has 0 aromatic carbocycles. The second-order valence-corrected chi connectivity index (χ2v) is 6.32. The third-order valence-corrected chi connectivity index (χ3v) is 4.81. The number of aromatic amines is 1. The Morgan fingerprint density at radius 2 is 2.26 bits per heavy atom. The van der Waals surface area contributed by atoms with E-state index in [9.17, 15) is 4.21 Å². The van der Waals surface area contributed by atoms with E-state index in [0.29, 0.717) is 10.9 Å². The van der Waals surface area contributed by atoms with Crippen LogP contribution in [0.25, 0.3) is 11.0 Å². The number of aryl methyl sites for hydroxylation is 1. The van der Waals surface area contributed by atoms with Crippen LogP contribution >= 0.6 is 11.3 Å². The van der Waals surface area contributed by atoms with Crippen molar-refractivity contribution in [3.8, 4) is 0 Å². The predicted octanol–water partition coefficient (Wildman–Crippen LogP) is 2.89. The summed E-state index contributed by atoms with van der Waals surface area (Å²) >= 11 is 1.58. The van der Waals surface area contributed by atoms with Crippen molar-refractivity contribution in [2.75, 3.05) is 0 Å². The molecule has 3 heterocycles. The van der Waals surface area contributed by atoms with E-state index in [-0.39, 0.29) is 0 Å². The monoisotopic (exact) mass is 291 g/mol. The van der Waals surface area contributed by atoms with Gasteiger partial charge in [0.05, 0.1) is 27.8 Å². The van der Waals surface area contributed by atoms with Crippen LogP contribution in [0, 0.1) is 0 Å². The molecule has 0 fully saturated rings. The van der Waals surface area contributed by atoms with Crippen LogP contribution in [0.1, 0.15) is 18.2 Å². The van der Waals surface area contributed by atoms with Crippen molar-refractivity contribution >= 4 is 33.2 Å². The van der Waals surface area contributed by atoms with Crippen LogP contribution in [-0.4, -0.2) is 19.2 Å². The minimum atomic E-state index is -1.18. The molecular formula is C13H13N3OS2. The fraction of sp³-hybridized carbons (Fsp3) is 0.231. The number of hydrogen-bond acceptors (Lipinski definition) is 4. The third-order valence-electron chi connectivity index (χ3n) is 2.89. The van der Waals surface area contributed by atoms with E-state index in [0.717, 1.165) is 23.1 Å². The number of hydrogen-bond donors (Lipinski definition) is 1. The van der Waals surface area contributed by atoms with E-state index >= 15 is 0 Å². The van der Waals surface area contributed by atoms with Gasteiger partial charge in [0.25, 0.3) is 0 Å². The maximum atomic E-state index is 12.2. The average molecular weight is 291 g/mol. The summed E-state index contributed by atoms with van der Waals surface area (Å²) in [6, 6.07) is 3.96. The fourth-order valence-electron chi connectivity index (χ4n) is 1.78. The first kappa shape index (κ1) is 12.5. The molecule has 3 aromatic rings. The number of thiophene rings is 1. The third kappa shape index (κ3) is 2.59. The molecule has 1 N–H and O–H groups in total. The van der Waals surface area contributed by atoms with Gasteiger partial charge in [-0.2, -0.15) is 0 Å². The van der Waals surface area contributed by atoms with Crippen molar-refractivity contribution in [2.45, 2.75) is 24.3 Å². The highest BCUT2D eigenvalue weighted by molar-refractivity contribution is 7.84. The Bertz CT molecular complexity index is 686. The lowest BCUT2D eigenvalue weighted by molar-refractivity contribution is 0.677. The molecule has 1 atom stereocenters. The molecule has 4 nitrogen and oxygen atoms in total. The first-order valence-corrected chi connectivity index (χ1v) is 8.26. The number of aromatic nitrogens is 3. The summed E-state index contributed by atoms with van der Waals surface area (Å²) in [5.74, 6) is 0.392. The first-order valence-electron chi connectivity index (χ1n) is 6.00.